The highest BCUT2D eigenvalue weighted by Gasteiger charge is 2.08. The van der Waals surface area contributed by atoms with Crippen molar-refractivity contribution in [2.45, 2.75) is 20.0 Å². The third kappa shape index (κ3) is 5.60. The van der Waals surface area contributed by atoms with Crippen molar-refractivity contribution >= 4 is 5.91 Å². The normalized spacial score (nSPS) is 12.6. The minimum absolute atomic E-state index is 0.0328. The van der Waals surface area contributed by atoms with E-state index in [2.05, 4.69) is 5.32 Å². The quantitative estimate of drug-likeness (QED) is 0.642. The minimum atomic E-state index is 0.0328. The van der Waals surface area contributed by atoms with Crippen LogP contribution >= 0.6 is 0 Å². The second kappa shape index (κ2) is 6.86. The Bertz CT molecular complexity index is 151. The number of carbonyl (C=O) groups is 1. The summed E-state index contributed by atoms with van der Waals surface area (Å²) in [5.74, 6) is 0.0328. The average molecular weight is 188 g/mol. The van der Waals surface area contributed by atoms with E-state index in [0.717, 1.165) is 13.1 Å². The molecule has 0 aromatic heterocycles. The highest BCUT2D eigenvalue weighted by Crippen LogP contribution is 1.91. The van der Waals surface area contributed by atoms with Gasteiger partial charge in [-0.1, -0.05) is 0 Å². The van der Waals surface area contributed by atoms with E-state index >= 15 is 0 Å². The molecule has 1 atom stereocenters. The molecule has 0 heterocycles. The van der Waals surface area contributed by atoms with Crippen LogP contribution in [0.1, 0.15) is 13.8 Å². The van der Waals surface area contributed by atoms with Crippen molar-refractivity contribution in [1.82, 2.24) is 10.2 Å². The summed E-state index contributed by atoms with van der Waals surface area (Å²) in [7, 11) is 3.63. The van der Waals surface area contributed by atoms with Gasteiger partial charge in [-0.15, -0.1) is 0 Å². The number of hydrogen-bond acceptors (Lipinski definition) is 3. The molecular weight excluding hydrogens is 168 g/mol. The standard InChI is InChI=1S/C9H20N2O2/c1-5-11(4)9(12)7-13-8(2)6-10-3/h8,10H,5-7H2,1-4H3. The molecule has 1 N–H and O–H groups in total. The molecule has 0 saturated carbocycles. The van der Waals surface area contributed by atoms with Crippen molar-refractivity contribution in [2.75, 3.05) is 33.8 Å². The lowest BCUT2D eigenvalue weighted by molar-refractivity contribution is -0.136. The zero-order valence-electron chi connectivity index (χ0n) is 8.96. The Balaban J connectivity index is 3.57. The highest BCUT2D eigenvalue weighted by molar-refractivity contribution is 5.77. The maximum atomic E-state index is 11.3. The second-order valence-corrected chi connectivity index (χ2v) is 3.09. The maximum Gasteiger partial charge on any atom is 0.248 e. The summed E-state index contributed by atoms with van der Waals surface area (Å²) in [5.41, 5.74) is 0. The van der Waals surface area contributed by atoms with Gasteiger partial charge in [0.05, 0.1) is 6.10 Å². The molecule has 0 aliphatic carbocycles. The minimum Gasteiger partial charge on any atom is -0.367 e. The van der Waals surface area contributed by atoms with Crippen molar-refractivity contribution < 1.29 is 9.53 Å². The first-order valence-corrected chi connectivity index (χ1v) is 4.62. The van der Waals surface area contributed by atoms with Gasteiger partial charge in [0.2, 0.25) is 5.91 Å². The maximum absolute atomic E-state index is 11.3. The molecular formula is C9H20N2O2. The summed E-state index contributed by atoms with van der Waals surface area (Å²) in [4.78, 5) is 12.9. The number of nitrogens with one attached hydrogen (secondary N) is 1. The van der Waals surface area contributed by atoms with Crippen LogP contribution < -0.4 is 5.32 Å². The number of ether oxygens (including phenoxy) is 1. The number of likely N-dealkylation sites (N-methyl/N-ethyl adjacent to an activating group) is 2. The Labute approximate surface area is 80.2 Å². The third-order valence-electron chi connectivity index (χ3n) is 1.88. The van der Waals surface area contributed by atoms with E-state index in [1.807, 2.05) is 20.9 Å². The monoisotopic (exact) mass is 188 g/mol. The van der Waals surface area contributed by atoms with Gasteiger partial charge in [0.1, 0.15) is 6.61 Å². The first-order valence-electron chi connectivity index (χ1n) is 4.62. The first kappa shape index (κ1) is 12.4. The van der Waals surface area contributed by atoms with Crippen LogP contribution in [0.15, 0.2) is 0 Å². The van der Waals surface area contributed by atoms with E-state index in [0.29, 0.717) is 0 Å². The van der Waals surface area contributed by atoms with Gasteiger partial charge in [0, 0.05) is 20.1 Å². The molecule has 4 nitrogen and oxygen atoms in total. The van der Waals surface area contributed by atoms with Gasteiger partial charge in [0.15, 0.2) is 0 Å². The molecule has 0 saturated heterocycles. The van der Waals surface area contributed by atoms with Crippen LogP contribution in [0.25, 0.3) is 0 Å². The van der Waals surface area contributed by atoms with Gasteiger partial charge in [-0.05, 0) is 20.9 Å². The molecule has 0 bridgehead atoms. The van der Waals surface area contributed by atoms with E-state index in [4.69, 9.17) is 4.74 Å². The molecule has 78 valence electrons. The summed E-state index contributed by atoms with van der Waals surface area (Å²) in [5, 5.41) is 2.98. The van der Waals surface area contributed by atoms with E-state index in [1.165, 1.54) is 0 Å². The molecule has 0 aromatic rings. The van der Waals surface area contributed by atoms with Gasteiger partial charge >= 0.3 is 0 Å². The zero-order valence-corrected chi connectivity index (χ0v) is 8.96. The van der Waals surface area contributed by atoms with E-state index < -0.39 is 0 Å². The van der Waals surface area contributed by atoms with Gasteiger partial charge in [0.25, 0.3) is 0 Å². The molecule has 0 fully saturated rings. The van der Waals surface area contributed by atoms with Gasteiger partial charge in [-0.3, -0.25) is 4.79 Å². The Morgan fingerprint density at radius 1 is 1.62 bits per heavy atom. The molecule has 0 aliphatic rings. The molecule has 0 radical (unpaired) electrons. The molecule has 13 heavy (non-hydrogen) atoms. The van der Waals surface area contributed by atoms with Gasteiger partial charge < -0.3 is 15.0 Å². The van der Waals surface area contributed by atoms with Crippen molar-refractivity contribution in [3.05, 3.63) is 0 Å². The van der Waals surface area contributed by atoms with Crippen molar-refractivity contribution in [3.63, 3.8) is 0 Å². The molecule has 1 unspecified atom stereocenters. The fraction of sp³-hybridized carbons (Fsp3) is 0.889. The summed E-state index contributed by atoms with van der Waals surface area (Å²) in [6.07, 6.45) is 0.0826. The first-order chi connectivity index (χ1) is 6.11. The molecule has 0 aromatic carbocycles. The summed E-state index contributed by atoms with van der Waals surface area (Å²) >= 11 is 0. The van der Waals surface area contributed by atoms with Crippen LogP contribution in [-0.4, -0.2) is 50.7 Å². The second-order valence-electron chi connectivity index (χ2n) is 3.09. The van der Waals surface area contributed by atoms with Crippen molar-refractivity contribution in [3.8, 4) is 0 Å². The summed E-state index contributed by atoms with van der Waals surface area (Å²) in [6, 6.07) is 0. The van der Waals surface area contributed by atoms with Crippen molar-refractivity contribution in [1.29, 1.82) is 0 Å². The average Bonchev–Trinajstić information content (AvgIpc) is 2.13. The third-order valence-corrected chi connectivity index (χ3v) is 1.88. The number of carbonyl (C=O) groups excluding carboxylic acids is 1. The molecule has 1 amide bonds. The predicted molar refractivity (Wildman–Crippen MR) is 52.7 cm³/mol. The zero-order chi connectivity index (χ0) is 10.3. The number of hydrogen-bond donors (Lipinski definition) is 1. The Morgan fingerprint density at radius 2 is 2.23 bits per heavy atom. The van der Waals surface area contributed by atoms with Crippen LogP contribution in [0.4, 0.5) is 0 Å². The van der Waals surface area contributed by atoms with Crippen molar-refractivity contribution in [2.24, 2.45) is 0 Å². The Morgan fingerprint density at radius 3 is 2.69 bits per heavy atom. The Hall–Kier alpha value is -0.610. The number of rotatable bonds is 6. The van der Waals surface area contributed by atoms with E-state index in [9.17, 15) is 4.79 Å². The number of nitrogens with zero attached hydrogens (tertiary/aromatic N) is 1. The van der Waals surface area contributed by atoms with Gasteiger partial charge in [-0.2, -0.15) is 0 Å². The lowest BCUT2D eigenvalue weighted by atomic mass is 10.4. The lowest BCUT2D eigenvalue weighted by Crippen LogP contribution is -2.33. The predicted octanol–water partition coefficient (Wildman–Crippen LogP) is 0.0892. The van der Waals surface area contributed by atoms with Gasteiger partial charge in [-0.25, -0.2) is 0 Å². The van der Waals surface area contributed by atoms with Crippen LogP contribution in [0.3, 0.4) is 0 Å². The van der Waals surface area contributed by atoms with E-state index in [1.54, 1.807) is 11.9 Å². The number of amides is 1. The van der Waals surface area contributed by atoms with Crippen LogP contribution in [0, 0.1) is 0 Å². The highest BCUT2D eigenvalue weighted by atomic mass is 16.5. The smallest absolute Gasteiger partial charge is 0.248 e. The fourth-order valence-electron chi connectivity index (χ4n) is 0.846. The van der Waals surface area contributed by atoms with Crippen LogP contribution in [0.2, 0.25) is 0 Å². The van der Waals surface area contributed by atoms with E-state index in [-0.39, 0.29) is 18.6 Å². The summed E-state index contributed by atoms with van der Waals surface area (Å²) < 4.78 is 5.31. The topological polar surface area (TPSA) is 41.6 Å². The molecule has 0 spiro atoms. The summed E-state index contributed by atoms with van der Waals surface area (Å²) in [6.45, 7) is 5.55. The lowest BCUT2D eigenvalue weighted by Gasteiger charge is -2.17. The fourth-order valence-corrected chi connectivity index (χ4v) is 0.846. The SMILES string of the molecule is CCN(C)C(=O)COC(C)CNC. The molecule has 4 heteroatoms. The molecule has 0 rings (SSSR count). The molecule has 0 aliphatic heterocycles. The van der Waals surface area contributed by atoms with Crippen LogP contribution in [0.5, 0.6) is 0 Å². The Kier molecular flexibility index (Phi) is 6.54. The van der Waals surface area contributed by atoms with Crippen LogP contribution in [-0.2, 0) is 9.53 Å². The largest absolute Gasteiger partial charge is 0.367 e.